The number of carbonyl (C=O) groups is 1. The first kappa shape index (κ1) is 13.9. The van der Waals surface area contributed by atoms with E-state index >= 15 is 0 Å². The topological polar surface area (TPSA) is 26.3 Å². The minimum Gasteiger partial charge on any atom is -0.462 e. The highest BCUT2D eigenvalue weighted by Crippen LogP contribution is 2.39. The zero-order valence-corrected chi connectivity index (χ0v) is 12.1. The normalized spacial score (nSPS) is 25.0. The maximum absolute atomic E-state index is 11.8. The van der Waals surface area contributed by atoms with Crippen molar-refractivity contribution in [2.45, 2.75) is 19.3 Å². The average Bonchev–Trinajstić information content (AvgIpc) is 2.73. The second-order valence-corrected chi connectivity index (χ2v) is 5.65. The molecule has 1 saturated carbocycles. The zero-order valence-electron chi connectivity index (χ0n) is 12.1. The van der Waals surface area contributed by atoms with Gasteiger partial charge in [0.05, 0.1) is 12.2 Å². The van der Waals surface area contributed by atoms with Gasteiger partial charge in [0, 0.05) is 0 Å². The van der Waals surface area contributed by atoms with Gasteiger partial charge in [-0.05, 0) is 43.2 Å². The molecule has 0 aliphatic heterocycles. The lowest BCUT2D eigenvalue weighted by Gasteiger charge is -2.07. The highest BCUT2D eigenvalue weighted by molar-refractivity contribution is 5.89. The molecule has 2 aliphatic rings. The predicted molar refractivity (Wildman–Crippen MR) is 83.9 cm³/mol. The fourth-order valence-corrected chi connectivity index (χ4v) is 3.07. The van der Waals surface area contributed by atoms with Crippen molar-refractivity contribution in [3.63, 3.8) is 0 Å². The number of allylic oxidation sites excluding steroid dienone is 5. The van der Waals surface area contributed by atoms with Crippen molar-refractivity contribution in [1.29, 1.82) is 0 Å². The SMILES string of the molecule is O=C(OCC/C=C1\C[C@@H]2C=CC=C[C@H]1C2)c1ccccc1. The molecule has 108 valence electrons. The third-order valence-corrected chi connectivity index (χ3v) is 4.14. The van der Waals surface area contributed by atoms with Gasteiger partial charge in [0.25, 0.3) is 0 Å². The van der Waals surface area contributed by atoms with E-state index in [9.17, 15) is 4.79 Å². The molecule has 1 aromatic carbocycles. The molecule has 1 aromatic rings. The highest BCUT2D eigenvalue weighted by atomic mass is 16.5. The van der Waals surface area contributed by atoms with Gasteiger partial charge in [0.15, 0.2) is 0 Å². The quantitative estimate of drug-likeness (QED) is 0.466. The van der Waals surface area contributed by atoms with Gasteiger partial charge >= 0.3 is 5.97 Å². The molecule has 2 atom stereocenters. The third kappa shape index (κ3) is 3.52. The van der Waals surface area contributed by atoms with Crippen LogP contribution in [0.5, 0.6) is 0 Å². The Balaban J connectivity index is 1.48. The molecule has 0 unspecified atom stereocenters. The molecule has 0 N–H and O–H groups in total. The Hall–Kier alpha value is -2.09. The Morgan fingerprint density at radius 2 is 2.00 bits per heavy atom. The number of benzene rings is 1. The minimum atomic E-state index is -0.237. The molecule has 2 bridgehead atoms. The van der Waals surface area contributed by atoms with Crippen LogP contribution in [0.2, 0.25) is 0 Å². The fourth-order valence-electron chi connectivity index (χ4n) is 3.07. The molecule has 2 heteroatoms. The van der Waals surface area contributed by atoms with Crippen molar-refractivity contribution >= 4 is 5.97 Å². The lowest BCUT2D eigenvalue weighted by molar-refractivity contribution is 0.0511. The van der Waals surface area contributed by atoms with E-state index in [1.54, 1.807) is 12.1 Å². The van der Waals surface area contributed by atoms with Gasteiger partial charge in [-0.2, -0.15) is 0 Å². The van der Waals surface area contributed by atoms with Crippen LogP contribution in [0.4, 0.5) is 0 Å². The molecule has 0 aromatic heterocycles. The minimum absolute atomic E-state index is 0.237. The fraction of sp³-hybridized carbons (Fsp3) is 0.316. The Morgan fingerprint density at radius 1 is 1.19 bits per heavy atom. The monoisotopic (exact) mass is 280 g/mol. The van der Waals surface area contributed by atoms with Crippen LogP contribution < -0.4 is 0 Å². The summed E-state index contributed by atoms with van der Waals surface area (Å²) >= 11 is 0. The molecule has 3 rings (SSSR count). The van der Waals surface area contributed by atoms with E-state index in [-0.39, 0.29) is 5.97 Å². The Kier molecular flexibility index (Phi) is 4.34. The molecule has 0 heterocycles. The Labute approximate surface area is 125 Å². The predicted octanol–water partition coefficient (Wildman–Crippen LogP) is 4.31. The molecular formula is C19H20O2. The molecule has 0 saturated heterocycles. The first-order valence-electron chi connectivity index (χ1n) is 7.59. The van der Waals surface area contributed by atoms with Gasteiger partial charge < -0.3 is 4.74 Å². The van der Waals surface area contributed by atoms with Crippen LogP contribution in [0.3, 0.4) is 0 Å². The molecule has 0 spiro atoms. The van der Waals surface area contributed by atoms with Crippen molar-refractivity contribution in [1.82, 2.24) is 0 Å². The summed E-state index contributed by atoms with van der Waals surface area (Å²) in [7, 11) is 0. The average molecular weight is 280 g/mol. The van der Waals surface area contributed by atoms with Gasteiger partial charge in [-0.15, -0.1) is 0 Å². The lowest BCUT2D eigenvalue weighted by atomic mass is 10.0. The number of hydrogen-bond donors (Lipinski definition) is 0. The van der Waals surface area contributed by atoms with E-state index in [4.69, 9.17) is 4.74 Å². The van der Waals surface area contributed by atoms with Crippen molar-refractivity contribution in [2.24, 2.45) is 11.8 Å². The molecule has 21 heavy (non-hydrogen) atoms. The van der Waals surface area contributed by atoms with Crippen LogP contribution in [0, 0.1) is 11.8 Å². The Morgan fingerprint density at radius 3 is 2.86 bits per heavy atom. The molecular weight excluding hydrogens is 260 g/mol. The van der Waals surface area contributed by atoms with Crippen molar-refractivity contribution in [2.75, 3.05) is 6.61 Å². The Bertz CT molecular complexity index is 581. The number of hydrogen-bond acceptors (Lipinski definition) is 2. The molecule has 0 amide bonds. The molecule has 2 aliphatic carbocycles. The summed E-state index contributed by atoms with van der Waals surface area (Å²) < 4.78 is 5.31. The van der Waals surface area contributed by atoms with Gasteiger partial charge in [0.2, 0.25) is 0 Å². The smallest absolute Gasteiger partial charge is 0.338 e. The van der Waals surface area contributed by atoms with Crippen molar-refractivity contribution in [3.8, 4) is 0 Å². The largest absolute Gasteiger partial charge is 0.462 e. The number of fused-ring (bicyclic) bond motifs is 2. The first-order valence-corrected chi connectivity index (χ1v) is 7.59. The van der Waals surface area contributed by atoms with Gasteiger partial charge in [-0.3, -0.25) is 0 Å². The maximum atomic E-state index is 11.8. The van der Waals surface area contributed by atoms with E-state index < -0.39 is 0 Å². The molecule has 2 nitrogen and oxygen atoms in total. The van der Waals surface area contributed by atoms with Crippen molar-refractivity contribution in [3.05, 3.63) is 71.8 Å². The number of ether oxygens (including phenoxy) is 1. The third-order valence-electron chi connectivity index (χ3n) is 4.14. The van der Waals surface area contributed by atoms with E-state index in [1.165, 1.54) is 12.0 Å². The summed E-state index contributed by atoms with van der Waals surface area (Å²) in [4.78, 5) is 11.8. The van der Waals surface area contributed by atoms with Crippen LogP contribution in [0.1, 0.15) is 29.6 Å². The van der Waals surface area contributed by atoms with Crippen LogP contribution >= 0.6 is 0 Å². The van der Waals surface area contributed by atoms with Crippen LogP contribution in [0.25, 0.3) is 0 Å². The summed E-state index contributed by atoms with van der Waals surface area (Å²) in [6.45, 7) is 0.453. The number of esters is 1. The van der Waals surface area contributed by atoms with Crippen LogP contribution in [0.15, 0.2) is 66.3 Å². The summed E-state index contributed by atoms with van der Waals surface area (Å²) in [6, 6.07) is 9.15. The van der Waals surface area contributed by atoms with Gasteiger partial charge in [-0.25, -0.2) is 4.79 Å². The standard InChI is InChI=1S/C19H20O2/c20-19(16-8-2-1-3-9-16)21-12-6-11-18-14-15-7-4-5-10-17(18)13-15/h1-5,7-11,15,17H,6,12-14H2/b18-11+/t15-,17+/m1/s1. The van der Waals surface area contributed by atoms with E-state index in [0.717, 1.165) is 12.8 Å². The summed E-state index contributed by atoms with van der Waals surface area (Å²) in [6.07, 6.45) is 14.3. The van der Waals surface area contributed by atoms with Crippen molar-refractivity contribution < 1.29 is 9.53 Å². The highest BCUT2D eigenvalue weighted by Gasteiger charge is 2.26. The van der Waals surface area contributed by atoms with Gasteiger partial charge in [0.1, 0.15) is 0 Å². The molecule has 0 radical (unpaired) electrons. The van der Waals surface area contributed by atoms with Gasteiger partial charge in [-0.1, -0.05) is 54.2 Å². The lowest BCUT2D eigenvalue weighted by Crippen LogP contribution is -2.05. The second kappa shape index (κ2) is 6.57. The van der Waals surface area contributed by atoms with E-state index in [2.05, 4.69) is 30.4 Å². The summed E-state index contributed by atoms with van der Waals surface area (Å²) in [5.74, 6) is 1.02. The summed E-state index contributed by atoms with van der Waals surface area (Å²) in [5.41, 5.74) is 2.11. The van der Waals surface area contributed by atoms with Crippen LogP contribution in [-0.2, 0) is 4.74 Å². The molecule has 1 fully saturated rings. The maximum Gasteiger partial charge on any atom is 0.338 e. The second-order valence-electron chi connectivity index (χ2n) is 5.65. The number of carbonyl (C=O) groups excluding carboxylic acids is 1. The van der Waals surface area contributed by atoms with E-state index in [1.807, 2.05) is 18.2 Å². The zero-order chi connectivity index (χ0) is 14.5. The first-order chi connectivity index (χ1) is 10.3. The summed E-state index contributed by atoms with van der Waals surface area (Å²) in [5, 5.41) is 0. The van der Waals surface area contributed by atoms with Crippen LogP contribution in [-0.4, -0.2) is 12.6 Å². The number of rotatable bonds is 4. The van der Waals surface area contributed by atoms with E-state index in [0.29, 0.717) is 24.0 Å².